The molecule has 0 aliphatic rings. The number of hydrogen-bond acceptors (Lipinski definition) is 4. The molecule has 0 saturated heterocycles. The average molecular weight is 206 g/mol. The van der Waals surface area contributed by atoms with Crippen molar-refractivity contribution in [3.05, 3.63) is 0 Å². The molecule has 0 saturated carbocycles. The summed E-state index contributed by atoms with van der Waals surface area (Å²) in [5, 5.41) is 0. The van der Waals surface area contributed by atoms with Crippen LogP contribution < -0.4 is 0 Å². The fraction of sp³-hybridized carbons (Fsp3) is 1.00. The van der Waals surface area contributed by atoms with Crippen molar-refractivity contribution in [1.29, 1.82) is 0 Å². The summed E-state index contributed by atoms with van der Waals surface area (Å²) in [5.74, 6) is -0.982. The topological polar surface area (TPSA) is 36.9 Å². The maximum atomic E-state index is 5.38. The molecule has 0 N–H and O–H groups in total. The first-order valence-corrected chi connectivity index (χ1v) is 5.09. The predicted octanol–water partition coefficient (Wildman–Crippen LogP) is 2.13. The summed E-state index contributed by atoms with van der Waals surface area (Å²) in [7, 11) is 1.55. The minimum absolute atomic E-state index is 0.196. The van der Waals surface area contributed by atoms with Crippen molar-refractivity contribution < 1.29 is 18.9 Å². The maximum absolute atomic E-state index is 5.38. The first kappa shape index (κ1) is 13.8. The van der Waals surface area contributed by atoms with E-state index in [2.05, 4.69) is 0 Å². The minimum Gasteiger partial charge on any atom is -0.355 e. The van der Waals surface area contributed by atoms with Gasteiger partial charge in [0.25, 0.3) is 5.97 Å². The predicted molar refractivity (Wildman–Crippen MR) is 53.9 cm³/mol. The van der Waals surface area contributed by atoms with Crippen LogP contribution in [-0.4, -0.2) is 33.1 Å². The van der Waals surface area contributed by atoms with Gasteiger partial charge < -0.3 is 18.9 Å². The van der Waals surface area contributed by atoms with Gasteiger partial charge >= 0.3 is 0 Å². The second kappa shape index (κ2) is 8.17. The molecule has 0 aromatic rings. The van der Waals surface area contributed by atoms with Gasteiger partial charge in [0.15, 0.2) is 6.79 Å². The molecule has 14 heavy (non-hydrogen) atoms. The molecule has 0 aliphatic heterocycles. The lowest BCUT2D eigenvalue weighted by Gasteiger charge is -2.27. The molecule has 0 bridgehead atoms. The fourth-order valence-electron chi connectivity index (χ4n) is 0.799. The van der Waals surface area contributed by atoms with E-state index in [0.29, 0.717) is 13.2 Å². The SMILES string of the molecule is CCCOCOC(C)(OC)OCCC. The summed E-state index contributed by atoms with van der Waals surface area (Å²) in [6.45, 7) is 7.30. The lowest BCUT2D eigenvalue weighted by Crippen LogP contribution is -2.35. The average Bonchev–Trinajstić information content (AvgIpc) is 2.22. The van der Waals surface area contributed by atoms with Crippen molar-refractivity contribution in [1.82, 2.24) is 0 Å². The second-order valence-corrected chi connectivity index (χ2v) is 3.09. The van der Waals surface area contributed by atoms with Gasteiger partial charge in [0.05, 0.1) is 6.61 Å². The Kier molecular flexibility index (Phi) is 8.08. The highest BCUT2D eigenvalue weighted by Crippen LogP contribution is 2.13. The van der Waals surface area contributed by atoms with Crippen LogP contribution in [0.25, 0.3) is 0 Å². The molecular formula is C10H22O4. The van der Waals surface area contributed by atoms with Crippen molar-refractivity contribution in [3.8, 4) is 0 Å². The second-order valence-electron chi connectivity index (χ2n) is 3.09. The molecule has 1 atom stereocenters. The molecule has 1 unspecified atom stereocenters. The Hall–Kier alpha value is -0.160. The van der Waals surface area contributed by atoms with Crippen LogP contribution in [0.15, 0.2) is 0 Å². The minimum atomic E-state index is -0.982. The van der Waals surface area contributed by atoms with Gasteiger partial charge in [-0.15, -0.1) is 0 Å². The number of ether oxygens (including phenoxy) is 4. The first-order valence-electron chi connectivity index (χ1n) is 5.09. The lowest BCUT2D eigenvalue weighted by atomic mass is 10.5. The third-order valence-electron chi connectivity index (χ3n) is 1.69. The number of rotatable bonds is 9. The molecule has 86 valence electrons. The summed E-state index contributed by atoms with van der Waals surface area (Å²) in [6.07, 6.45) is 1.90. The molecule has 0 aliphatic carbocycles. The van der Waals surface area contributed by atoms with Crippen LogP contribution in [0.5, 0.6) is 0 Å². The Morgan fingerprint density at radius 1 is 1.00 bits per heavy atom. The van der Waals surface area contributed by atoms with Gasteiger partial charge in [-0.05, 0) is 12.8 Å². The van der Waals surface area contributed by atoms with E-state index in [1.54, 1.807) is 14.0 Å². The standard InChI is InChI=1S/C10H22O4/c1-5-7-12-9-14-10(3,11-4)13-8-6-2/h5-9H2,1-4H3. The third-order valence-corrected chi connectivity index (χ3v) is 1.69. The smallest absolute Gasteiger partial charge is 0.281 e. The monoisotopic (exact) mass is 206 g/mol. The van der Waals surface area contributed by atoms with Crippen LogP contribution in [0.4, 0.5) is 0 Å². The zero-order valence-corrected chi connectivity index (χ0v) is 9.67. The molecule has 0 aromatic carbocycles. The van der Waals surface area contributed by atoms with E-state index >= 15 is 0 Å². The molecule has 0 spiro atoms. The van der Waals surface area contributed by atoms with E-state index in [-0.39, 0.29) is 6.79 Å². The summed E-state index contributed by atoms with van der Waals surface area (Å²) in [5.41, 5.74) is 0. The molecular weight excluding hydrogens is 184 g/mol. The van der Waals surface area contributed by atoms with E-state index in [4.69, 9.17) is 18.9 Å². The van der Waals surface area contributed by atoms with Crippen molar-refractivity contribution in [2.75, 3.05) is 27.1 Å². The Bertz CT molecular complexity index is 129. The molecule has 4 heteroatoms. The number of methoxy groups -OCH3 is 1. The van der Waals surface area contributed by atoms with Gasteiger partial charge in [0, 0.05) is 20.6 Å². The first-order chi connectivity index (χ1) is 6.68. The molecule has 0 rings (SSSR count). The normalized spacial score (nSPS) is 15.4. The Morgan fingerprint density at radius 2 is 1.64 bits per heavy atom. The van der Waals surface area contributed by atoms with Gasteiger partial charge in [-0.3, -0.25) is 0 Å². The van der Waals surface area contributed by atoms with E-state index in [1.807, 2.05) is 13.8 Å². The lowest BCUT2D eigenvalue weighted by molar-refractivity contribution is -0.379. The molecule has 0 amide bonds. The van der Waals surface area contributed by atoms with Crippen molar-refractivity contribution in [3.63, 3.8) is 0 Å². The summed E-state index contributed by atoms with van der Waals surface area (Å²) in [6, 6.07) is 0. The van der Waals surface area contributed by atoms with Crippen LogP contribution in [0, 0.1) is 0 Å². The van der Waals surface area contributed by atoms with Gasteiger partial charge in [-0.1, -0.05) is 13.8 Å². The Balaban J connectivity index is 3.63. The summed E-state index contributed by atoms with van der Waals surface area (Å²) >= 11 is 0. The number of hydrogen-bond donors (Lipinski definition) is 0. The third kappa shape index (κ3) is 6.32. The van der Waals surface area contributed by atoms with Crippen molar-refractivity contribution >= 4 is 0 Å². The highest BCUT2D eigenvalue weighted by atomic mass is 16.9. The molecule has 0 aromatic heterocycles. The quantitative estimate of drug-likeness (QED) is 0.428. The largest absolute Gasteiger partial charge is 0.355 e. The van der Waals surface area contributed by atoms with Crippen molar-refractivity contribution in [2.45, 2.75) is 39.6 Å². The van der Waals surface area contributed by atoms with Crippen LogP contribution in [-0.2, 0) is 18.9 Å². The van der Waals surface area contributed by atoms with E-state index < -0.39 is 5.97 Å². The van der Waals surface area contributed by atoms with E-state index in [0.717, 1.165) is 12.8 Å². The van der Waals surface area contributed by atoms with Gasteiger partial charge in [-0.2, -0.15) is 0 Å². The zero-order valence-electron chi connectivity index (χ0n) is 9.67. The van der Waals surface area contributed by atoms with Gasteiger partial charge in [0.1, 0.15) is 0 Å². The van der Waals surface area contributed by atoms with Crippen LogP contribution >= 0.6 is 0 Å². The van der Waals surface area contributed by atoms with E-state index in [9.17, 15) is 0 Å². The van der Waals surface area contributed by atoms with Gasteiger partial charge in [-0.25, -0.2) is 0 Å². The molecule has 4 nitrogen and oxygen atoms in total. The molecule has 0 fully saturated rings. The molecule has 0 radical (unpaired) electrons. The van der Waals surface area contributed by atoms with Crippen molar-refractivity contribution in [2.24, 2.45) is 0 Å². The Labute approximate surface area is 86.5 Å². The van der Waals surface area contributed by atoms with E-state index in [1.165, 1.54) is 0 Å². The van der Waals surface area contributed by atoms with Gasteiger partial charge in [0.2, 0.25) is 0 Å². The summed E-state index contributed by atoms with van der Waals surface area (Å²) < 4.78 is 21.0. The Morgan fingerprint density at radius 3 is 2.14 bits per heavy atom. The van der Waals surface area contributed by atoms with Crippen LogP contribution in [0.2, 0.25) is 0 Å². The molecule has 0 heterocycles. The zero-order chi connectivity index (χ0) is 10.9. The summed E-state index contributed by atoms with van der Waals surface area (Å²) in [4.78, 5) is 0. The maximum Gasteiger partial charge on any atom is 0.281 e. The highest BCUT2D eigenvalue weighted by molar-refractivity contribution is 4.44. The van der Waals surface area contributed by atoms with Crippen LogP contribution in [0.3, 0.4) is 0 Å². The fourth-order valence-corrected chi connectivity index (χ4v) is 0.799. The highest BCUT2D eigenvalue weighted by Gasteiger charge is 2.24. The van der Waals surface area contributed by atoms with Crippen LogP contribution in [0.1, 0.15) is 33.6 Å².